The van der Waals surface area contributed by atoms with Crippen molar-refractivity contribution in [2.24, 2.45) is 5.92 Å². The first kappa shape index (κ1) is 14.4. The Kier molecular flexibility index (Phi) is 4.27. The summed E-state index contributed by atoms with van der Waals surface area (Å²) in [6.45, 7) is 3.19. The number of hydrogen-bond acceptors (Lipinski definition) is 4. The van der Waals surface area contributed by atoms with Crippen molar-refractivity contribution < 1.29 is 19.4 Å². The second kappa shape index (κ2) is 5.94. The first-order valence-electron chi connectivity index (χ1n) is 6.69. The van der Waals surface area contributed by atoms with Crippen LogP contribution in [0.1, 0.15) is 35.7 Å². The van der Waals surface area contributed by atoms with Gasteiger partial charge in [-0.2, -0.15) is 0 Å². The number of likely N-dealkylation sites (tertiary alicyclic amines) is 1. The average Bonchev–Trinajstić information content (AvgIpc) is 2.44. The maximum absolute atomic E-state index is 11.8. The third kappa shape index (κ3) is 3.10. The van der Waals surface area contributed by atoms with Gasteiger partial charge < -0.3 is 14.7 Å². The number of esters is 1. The molecule has 1 unspecified atom stereocenters. The highest BCUT2D eigenvalue weighted by Crippen LogP contribution is 2.24. The molecule has 0 spiro atoms. The van der Waals surface area contributed by atoms with Crippen LogP contribution in [0.3, 0.4) is 0 Å². The summed E-state index contributed by atoms with van der Waals surface area (Å²) in [6.07, 6.45) is 1.48. The monoisotopic (exact) mass is 277 g/mol. The van der Waals surface area contributed by atoms with Gasteiger partial charge in [-0.1, -0.05) is 13.0 Å². The maximum Gasteiger partial charge on any atom is 0.337 e. The van der Waals surface area contributed by atoms with Crippen molar-refractivity contribution in [3.8, 4) is 5.75 Å². The van der Waals surface area contributed by atoms with Crippen molar-refractivity contribution in [2.45, 2.75) is 26.3 Å². The number of benzene rings is 1. The van der Waals surface area contributed by atoms with Crippen LogP contribution >= 0.6 is 0 Å². The summed E-state index contributed by atoms with van der Waals surface area (Å²) in [6, 6.07) is 4.63. The van der Waals surface area contributed by atoms with Gasteiger partial charge in [0.05, 0.1) is 12.7 Å². The van der Waals surface area contributed by atoms with Gasteiger partial charge in [0.25, 0.3) is 0 Å². The number of rotatable bonds is 3. The van der Waals surface area contributed by atoms with Gasteiger partial charge in [-0.15, -0.1) is 0 Å². The van der Waals surface area contributed by atoms with Crippen molar-refractivity contribution in [1.29, 1.82) is 0 Å². The first-order chi connectivity index (χ1) is 9.51. The molecule has 20 heavy (non-hydrogen) atoms. The highest BCUT2D eigenvalue weighted by atomic mass is 16.5. The SMILES string of the molecule is COC(=O)c1ccc(CN2CC(C)CCC2=O)c(O)c1. The van der Waals surface area contributed by atoms with Crippen LogP contribution in [0.4, 0.5) is 0 Å². The second-order valence-corrected chi connectivity index (χ2v) is 5.25. The molecule has 1 aromatic carbocycles. The molecule has 0 aliphatic carbocycles. The van der Waals surface area contributed by atoms with Crippen LogP contribution in [0, 0.1) is 5.92 Å². The molecule has 1 aromatic rings. The summed E-state index contributed by atoms with van der Waals surface area (Å²) in [5, 5.41) is 9.97. The molecule has 1 aliphatic heterocycles. The standard InChI is InChI=1S/C15H19NO4/c1-10-3-6-14(18)16(8-10)9-12-5-4-11(7-13(12)17)15(19)20-2/h4-5,7,10,17H,3,6,8-9H2,1-2H3. The van der Waals surface area contributed by atoms with Crippen LogP contribution < -0.4 is 0 Å². The van der Waals surface area contributed by atoms with Gasteiger partial charge in [-0.3, -0.25) is 4.79 Å². The Balaban J connectivity index is 2.13. The molecule has 0 saturated carbocycles. The van der Waals surface area contributed by atoms with E-state index in [1.165, 1.54) is 13.2 Å². The van der Waals surface area contributed by atoms with E-state index in [0.717, 1.165) is 6.42 Å². The predicted molar refractivity (Wildman–Crippen MR) is 73.3 cm³/mol. The molecule has 1 saturated heterocycles. The first-order valence-corrected chi connectivity index (χ1v) is 6.69. The number of piperidine rings is 1. The molecule has 0 bridgehead atoms. The van der Waals surface area contributed by atoms with Crippen molar-refractivity contribution in [2.75, 3.05) is 13.7 Å². The minimum Gasteiger partial charge on any atom is -0.508 e. The Morgan fingerprint density at radius 3 is 2.90 bits per heavy atom. The van der Waals surface area contributed by atoms with Crippen LogP contribution in [0.25, 0.3) is 0 Å². The average molecular weight is 277 g/mol. The van der Waals surface area contributed by atoms with E-state index in [9.17, 15) is 14.7 Å². The van der Waals surface area contributed by atoms with E-state index in [0.29, 0.717) is 36.6 Å². The fraction of sp³-hybridized carbons (Fsp3) is 0.467. The summed E-state index contributed by atoms with van der Waals surface area (Å²) >= 11 is 0. The number of aromatic hydroxyl groups is 1. The zero-order valence-corrected chi connectivity index (χ0v) is 11.8. The number of nitrogens with zero attached hydrogens (tertiary/aromatic N) is 1. The van der Waals surface area contributed by atoms with Gasteiger partial charge in [0.15, 0.2) is 0 Å². The molecule has 108 valence electrons. The topological polar surface area (TPSA) is 66.8 Å². The highest BCUT2D eigenvalue weighted by Gasteiger charge is 2.23. The smallest absolute Gasteiger partial charge is 0.337 e. The van der Waals surface area contributed by atoms with Gasteiger partial charge in [-0.25, -0.2) is 4.79 Å². The number of phenols is 1. The minimum atomic E-state index is -0.491. The van der Waals surface area contributed by atoms with Crippen molar-refractivity contribution >= 4 is 11.9 Å². The van der Waals surface area contributed by atoms with Crippen LogP contribution in [0.15, 0.2) is 18.2 Å². The van der Waals surface area contributed by atoms with Gasteiger partial charge in [-0.05, 0) is 24.5 Å². The van der Waals surface area contributed by atoms with Crippen LogP contribution in [0.5, 0.6) is 5.75 Å². The number of hydrogen-bond donors (Lipinski definition) is 1. The van der Waals surface area contributed by atoms with E-state index >= 15 is 0 Å². The zero-order chi connectivity index (χ0) is 14.7. The third-order valence-corrected chi connectivity index (χ3v) is 3.60. The van der Waals surface area contributed by atoms with Crippen molar-refractivity contribution in [3.63, 3.8) is 0 Å². The minimum absolute atomic E-state index is 0.0129. The molecular weight excluding hydrogens is 258 g/mol. The number of carbonyl (C=O) groups is 2. The molecular formula is C15H19NO4. The van der Waals surface area contributed by atoms with Crippen molar-refractivity contribution in [3.05, 3.63) is 29.3 Å². The fourth-order valence-electron chi connectivity index (χ4n) is 2.40. The van der Waals surface area contributed by atoms with Crippen LogP contribution in [0.2, 0.25) is 0 Å². The molecule has 1 atom stereocenters. The third-order valence-electron chi connectivity index (χ3n) is 3.60. The molecule has 1 aliphatic rings. The molecule has 1 fully saturated rings. The van der Waals surface area contributed by atoms with Crippen LogP contribution in [-0.2, 0) is 16.1 Å². The molecule has 0 aromatic heterocycles. The molecule has 5 heteroatoms. The number of carbonyl (C=O) groups excluding carboxylic acids is 2. The quantitative estimate of drug-likeness (QED) is 0.857. The lowest BCUT2D eigenvalue weighted by molar-refractivity contribution is -0.135. The Hall–Kier alpha value is -2.04. The van der Waals surface area contributed by atoms with Crippen LogP contribution in [-0.4, -0.2) is 35.5 Å². The number of amides is 1. The van der Waals surface area contributed by atoms with Gasteiger partial charge in [0.1, 0.15) is 5.75 Å². The fourth-order valence-corrected chi connectivity index (χ4v) is 2.40. The lowest BCUT2D eigenvalue weighted by atomic mass is 9.99. The normalized spacial score (nSPS) is 19.0. The predicted octanol–water partition coefficient (Wildman–Crippen LogP) is 1.94. The van der Waals surface area contributed by atoms with E-state index < -0.39 is 5.97 Å². The second-order valence-electron chi connectivity index (χ2n) is 5.25. The lowest BCUT2D eigenvalue weighted by Crippen LogP contribution is -2.38. The summed E-state index contributed by atoms with van der Waals surface area (Å²) in [5.41, 5.74) is 0.937. The van der Waals surface area contributed by atoms with E-state index in [2.05, 4.69) is 11.7 Å². The van der Waals surface area contributed by atoms with E-state index in [1.807, 2.05) is 0 Å². The van der Waals surface area contributed by atoms with E-state index in [1.54, 1.807) is 17.0 Å². The summed E-state index contributed by atoms with van der Waals surface area (Å²) in [7, 11) is 1.29. The summed E-state index contributed by atoms with van der Waals surface area (Å²) in [4.78, 5) is 25.0. The largest absolute Gasteiger partial charge is 0.508 e. The maximum atomic E-state index is 11.8. The molecule has 0 radical (unpaired) electrons. The summed E-state index contributed by atoms with van der Waals surface area (Å²) in [5.74, 6) is 0.108. The Labute approximate surface area is 118 Å². The number of methoxy groups -OCH3 is 1. The summed E-state index contributed by atoms with van der Waals surface area (Å²) < 4.78 is 4.60. The Morgan fingerprint density at radius 1 is 1.50 bits per heavy atom. The molecule has 1 heterocycles. The van der Waals surface area contributed by atoms with E-state index in [4.69, 9.17) is 0 Å². The van der Waals surface area contributed by atoms with Crippen molar-refractivity contribution in [1.82, 2.24) is 4.90 Å². The zero-order valence-electron chi connectivity index (χ0n) is 11.8. The molecule has 5 nitrogen and oxygen atoms in total. The van der Waals surface area contributed by atoms with Gasteiger partial charge in [0, 0.05) is 25.1 Å². The lowest BCUT2D eigenvalue weighted by Gasteiger charge is -2.31. The number of ether oxygens (including phenoxy) is 1. The molecule has 1 N–H and O–H groups in total. The molecule has 2 rings (SSSR count). The van der Waals surface area contributed by atoms with E-state index in [-0.39, 0.29) is 11.7 Å². The molecule has 1 amide bonds. The number of phenolic OH excluding ortho intramolecular Hbond substituents is 1. The Bertz CT molecular complexity index is 527. The highest BCUT2D eigenvalue weighted by molar-refractivity contribution is 5.89. The van der Waals surface area contributed by atoms with Gasteiger partial charge in [0.2, 0.25) is 5.91 Å². The van der Waals surface area contributed by atoms with Gasteiger partial charge >= 0.3 is 5.97 Å². The Morgan fingerprint density at radius 2 is 2.25 bits per heavy atom.